The van der Waals surface area contributed by atoms with Crippen LogP contribution in [0, 0.1) is 17.6 Å². The Kier molecular flexibility index (Phi) is 5.79. The summed E-state index contributed by atoms with van der Waals surface area (Å²) >= 11 is 1.62. The monoisotopic (exact) mass is 390 g/mol. The molecule has 0 aromatic heterocycles. The molecule has 1 aliphatic heterocycles. The van der Waals surface area contributed by atoms with Crippen LogP contribution in [0.5, 0.6) is 0 Å². The lowest BCUT2D eigenvalue weighted by Gasteiger charge is -2.22. The molecule has 1 aliphatic rings. The van der Waals surface area contributed by atoms with Crippen LogP contribution in [-0.4, -0.2) is 36.6 Å². The van der Waals surface area contributed by atoms with E-state index >= 15 is 0 Å². The molecule has 1 atom stereocenters. The summed E-state index contributed by atoms with van der Waals surface area (Å²) in [6, 6.07) is 11.2. The summed E-state index contributed by atoms with van der Waals surface area (Å²) in [5.74, 6) is -2.59. The molecule has 142 valence electrons. The summed E-state index contributed by atoms with van der Waals surface area (Å²) in [5, 5.41) is 0. The van der Waals surface area contributed by atoms with Gasteiger partial charge in [-0.3, -0.25) is 9.59 Å². The topological polar surface area (TPSA) is 40.6 Å². The molecule has 4 nitrogen and oxygen atoms in total. The molecule has 0 unspecified atom stereocenters. The highest BCUT2D eigenvalue weighted by Crippen LogP contribution is 2.28. The Hall–Kier alpha value is -2.41. The number of benzene rings is 2. The van der Waals surface area contributed by atoms with Crippen molar-refractivity contribution in [3.63, 3.8) is 0 Å². The van der Waals surface area contributed by atoms with Gasteiger partial charge in [0.05, 0.1) is 5.92 Å². The summed E-state index contributed by atoms with van der Waals surface area (Å²) in [4.78, 5) is 29.2. The maximum Gasteiger partial charge on any atom is 0.228 e. The molecule has 0 radical (unpaired) electrons. The number of rotatable bonds is 5. The van der Waals surface area contributed by atoms with Gasteiger partial charge in [-0.25, -0.2) is 8.78 Å². The van der Waals surface area contributed by atoms with Crippen molar-refractivity contribution in [2.75, 3.05) is 24.7 Å². The van der Waals surface area contributed by atoms with Crippen molar-refractivity contribution in [1.82, 2.24) is 4.90 Å². The van der Waals surface area contributed by atoms with Gasteiger partial charge in [0.15, 0.2) is 11.6 Å². The summed E-state index contributed by atoms with van der Waals surface area (Å²) in [5.41, 5.74) is 1.27. The number of nitrogens with zero attached hydrogens (tertiary/aromatic N) is 2. The molecule has 7 heteroatoms. The Labute approximate surface area is 161 Å². The van der Waals surface area contributed by atoms with Crippen LogP contribution in [0.3, 0.4) is 0 Å². The second-order valence-electron chi connectivity index (χ2n) is 6.55. The third kappa shape index (κ3) is 4.30. The van der Waals surface area contributed by atoms with Gasteiger partial charge in [-0.15, -0.1) is 11.8 Å². The van der Waals surface area contributed by atoms with E-state index in [0.29, 0.717) is 12.1 Å². The van der Waals surface area contributed by atoms with Gasteiger partial charge in [0.2, 0.25) is 11.8 Å². The van der Waals surface area contributed by atoms with E-state index in [2.05, 4.69) is 0 Å². The van der Waals surface area contributed by atoms with Crippen LogP contribution in [0.15, 0.2) is 47.4 Å². The van der Waals surface area contributed by atoms with E-state index in [-0.39, 0.29) is 24.8 Å². The Morgan fingerprint density at radius 1 is 1.19 bits per heavy atom. The summed E-state index contributed by atoms with van der Waals surface area (Å²) in [6.45, 7) is 0.474. The van der Waals surface area contributed by atoms with E-state index in [1.165, 1.54) is 11.0 Å². The first-order valence-corrected chi connectivity index (χ1v) is 9.75. The lowest BCUT2D eigenvalue weighted by atomic mass is 10.1. The van der Waals surface area contributed by atoms with Crippen LogP contribution in [0.1, 0.15) is 12.0 Å². The number of hydrogen-bond acceptors (Lipinski definition) is 3. The van der Waals surface area contributed by atoms with Gasteiger partial charge >= 0.3 is 0 Å². The van der Waals surface area contributed by atoms with Gasteiger partial charge < -0.3 is 9.80 Å². The quantitative estimate of drug-likeness (QED) is 0.731. The summed E-state index contributed by atoms with van der Waals surface area (Å²) in [7, 11) is 1.60. The Morgan fingerprint density at radius 2 is 1.89 bits per heavy atom. The zero-order valence-corrected chi connectivity index (χ0v) is 15.9. The minimum Gasteiger partial charge on any atom is -0.341 e. The first-order chi connectivity index (χ1) is 12.9. The fourth-order valence-corrected chi connectivity index (χ4v) is 3.59. The molecule has 0 aliphatic carbocycles. The Morgan fingerprint density at radius 3 is 2.52 bits per heavy atom. The van der Waals surface area contributed by atoms with Crippen LogP contribution in [0.2, 0.25) is 0 Å². The van der Waals surface area contributed by atoms with Crippen LogP contribution in [0.25, 0.3) is 0 Å². The molecule has 0 N–H and O–H groups in total. The lowest BCUT2D eigenvalue weighted by Crippen LogP contribution is -2.34. The molecule has 0 saturated carbocycles. The highest BCUT2D eigenvalue weighted by molar-refractivity contribution is 7.98. The zero-order chi connectivity index (χ0) is 19.6. The Bertz CT molecular complexity index is 858. The summed E-state index contributed by atoms with van der Waals surface area (Å²) < 4.78 is 26.4. The first-order valence-electron chi connectivity index (χ1n) is 8.52. The molecule has 27 heavy (non-hydrogen) atoms. The molecule has 1 fully saturated rings. The number of hydrogen-bond donors (Lipinski definition) is 0. The molecule has 2 aromatic carbocycles. The molecular formula is C20H20F2N2O2S. The number of amides is 2. The fourth-order valence-electron chi connectivity index (χ4n) is 3.19. The zero-order valence-electron chi connectivity index (χ0n) is 15.1. The van der Waals surface area contributed by atoms with E-state index in [1.54, 1.807) is 23.7 Å². The average molecular weight is 390 g/mol. The molecule has 2 aromatic rings. The van der Waals surface area contributed by atoms with Crippen LogP contribution < -0.4 is 4.90 Å². The molecule has 1 heterocycles. The predicted molar refractivity (Wildman–Crippen MR) is 102 cm³/mol. The lowest BCUT2D eigenvalue weighted by molar-refractivity contribution is -0.135. The van der Waals surface area contributed by atoms with E-state index < -0.39 is 17.6 Å². The number of anilines is 1. The van der Waals surface area contributed by atoms with Crippen LogP contribution in [-0.2, 0) is 16.1 Å². The van der Waals surface area contributed by atoms with E-state index in [1.807, 2.05) is 30.5 Å². The molecule has 0 spiro atoms. The van der Waals surface area contributed by atoms with Gasteiger partial charge in [-0.2, -0.15) is 0 Å². The smallest absolute Gasteiger partial charge is 0.228 e. The second kappa shape index (κ2) is 8.08. The van der Waals surface area contributed by atoms with E-state index in [4.69, 9.17) is 0 Å². The van der Waals surface area contributed by atoms with E-state index in [0.717, 1.165) is 22.7 Å². The Balaban J connectivity index is 1.66. The third-order valence-electron chi connectivity index (χ3n) is 4.64. The molecule has 2 amide bonds. The standard InChI is InChI=1S/C20H20F2N2O2S/c1-23(11-13-3-8-17(21)18(22)9-13)20(26)14-10-19(25)24(12-14)15-4-6-16(27-2)7-5-15/h3-9,14H,10-12H2,1-2H3/t14-/m0/s1. The molecular weight excluding hydrogens is 370 g/mol. The third-order valence-corrected chi connectivity index (χ3v) is 5.38. The van der Waals surface area contributed by atoms with Gasteiger partial charge in [0, 0.05) is 37.1 Å². The van der Waals surface area contributed by atoms with Crippen molar-refractivity contribution >= 4 is 29.3 Å². The molecule has 1 saturated heterocycles. The number of thioether (sulfide) groups is 1. The maximum atomic E-state index is 13.3. The number of halogens is 2. The first kappa shape index (κ1) is 19.4. The van der Waals surface area contributed by atoms with Crippen molar-refractivity contribution in [1.29, 1.82) is 0 Å². The largest absolute Gasteiger partial charge is 0.341 e. The fraction of sp³-hybridized carbons (Fsp3) is 0.300. The van der Waals surface area contributed by atoms with Crippen molar-refractivity contribution in [3.05, 3.63) is 59.7 Å². The van der Waals surface area contributed by atoms with Crippen molar-refractivity contribution < 1.29 is 18.4 Å². The highest BCUT2D eigenvalue weighted by atomic mass is 32.2. The molecule has 3 rings (SSSR count). The van der Waals surface area contributed by atoms with E-state index in [9.17, 15) is 18.4 Å². The highest BCUT2D eigenvalue weighted by Gasteiger charge is 2.36. The maximum absolute atomic E-state index is 13.3. The van der Waals surface area contributed by atoms with Gasteiger partial charge in [-0.05, 0) is 48.2 Å². The summed E-state index contributed by atoms with van der Waals surface area (Å²) in [6.07, 6.45) is 2.12. The van der Waals surface area contributed by atoms with Crippen LogP contribution in [0.4, 0.5) is 14.5 Å². The minimum absolute atomic E-state index is 0.0912. The minimum atomic E-state index is -0.941. The van der Waals surface area contributed by atoms with Gasteiger partial charge in [-0.1, -0.05) is 6.07 Å². The number of carbonyl (C=O) groups excluding carboxylic acids is 2. The SMILES string of the molecule is CSc1ccc(N2C[C@@H](C(=O)N(C)Cc3ccc(F)c(F)c3)CC2=O)cc1. The van der Waals surface area contributed by atoms with Crippen molar-refractivity contribution in [2.45, 2.75) is 17.9 Å². The normalized spacial score (nSPS) is 16.7. The second-order valence-corrected chi connectivity index (χ2v) is 7.43. The van der Waals surface area contributed by atoms with Gasteiger partial charge in [0.1, 0.15) is 0 Å². The van der Waals surface area contributed by atoms with Crippen molar-refractivity contribution in [2.24, 2.45) is 5.92 Å². The number of carbonyl (C=O) groups is 2. The van der Waals surface area contributed by atoms with Gasteiger partial charge in [0.25, 0.3) is 0 Å². The van der Waals surface area contributed by atoms with Crippen molar-refractivity contribution in [3.8, 4) is 0 Å². The predicted octanol–water partition coefficient (Wildman–Crippen LogP) is 3.70. The average Bonchev–Trinajstić information content (AvgIpc) is 3.05. The van der Waals surface area contributed by atoms with Crippen LogP contribution >= 0.6 is 11.8 Å². The molecule has 0 bridgehead atoms.